The van der Waals surface area contributed by atoms with Crippen molar-refractivity contribution >= 4 is 5.97 Å². The van der Waals surface area contributed by atoms with Crippen LogP contribution in [0.25, 0.3) is 0 Å². The van der Waals surface area contributed by atoms with Crippen LogP contribution >= 0.6 is 0 Å². The topological polar surface area (TPSA) is 66.8 Å². The summed E-state index contributed by atoms with van der Waals surface area (Å²) in [5.41, 5.74) is 1.32. The molecule has 2 N–H and O–H groups in total. The molecule has 4 heteroatoms. The van der Waals surface area contributed by atoms with Gasteiger partial charge in [-0.15, -0.1) is 0 Å². The minimum atomic E-state index is -0.598. The highest BCUT2D eigenvalue weighted by molar-refractivity contribution is 5.94. The molecule has 1 rings (SSSR count). The zero-order valence-corrected chi connectivity index (χ0v) is 9.00. The van der Waals surface area contributed by atoms with Gasteiger partial charge in [0.25, 0.3) is 0 Å². The van der Waals surface area contributed by atoms with Crippen molar-refractivity contribution in [2.45, 2.75) is 20.3 Å². The highest BCUT2D eigenvalue weighted by Gasteiger charge is 2.19. The van der Waals surface area contributed by atoms with Crippen LogP contribution in [-0.4, -0.2) is 23.3 Å². The van der Waals surface area contributed by atoms with Crippen molar-refractivity contribution in [1.82, 2.24) is 0 Å². The van der Waals surface area contributed by atoms with Crippen LogP contribution in [0.5, 0.6) is 11.5 Å². The zero-order valence-electron chi connectivity index (χ0n) is 9.00. The van der Waals surface area contributed by atoms with Crippen LogP contribution in [0.3, 0.4) is 0 Å². The molecular weight excluding hydrogens is 196 g/mol. The molecule has 0 aliphatic rings. The van der Waals surface area contributed by atoms with E-state index in [1.54, 1.807) is 6.92 Å². The van der Waals surface area contributed by atoms with Gasteiger partial charge >= 0.3 is 5.97 Å². The summed E-state index contributed by atoms with van der Waals surface area (Å²) in [5, 5.41) is 19.1. The molecule has 0 bridgehead atoms. The average Bonchev–Trinajstić information content (AvgIpc) is 2.17. The fourth-order valence-electron chi connectivity index (χ4n) is 1.63. The van der Waals surface area contributed by atoms with Crippen LogP contribution in [0.4, 0.5) is 0 Å². The summed E-state index contributed by atoms with van der Waals surface area (Å²) in [4.78, 5) is 11.4. The minimum Gasteiger partial charge on any atom is -0.508 e. The molecule has 1 aromatic rings. The van der Waals surface area contributed by atoms with E-state index < -0.39 is 5.97 Å². The predicted molar refractivity (Wildman–Crippen MR) is 55.2 cm³/mol. The summed E-state index contributed by atoms with van der Waals surface area (Å²) in [7, 11) is 1.25. The summed E-state index contributed by atoms with van der Waals surface area (Å²) < 4.78 is 4.56. The van der Waals surface area contributed by atoms with Gasteiger partial charge in [0, 0.05) is 6.07 Å². The number of aromatic hydroxyl groups is 2. The third kappa shape index (κ3) is 1.88. The molecule has 0 spiro atoms. The second-order valence-electron chi connectivity index (χ2n) is 3.24. The third-order valence-electron chi connectivity index (χ3n) is 2.41. The number of phenolic OH excluding ortho intramolecular Hbond substituents is 2. The van der Waals surface area contributed by atoms with Crippen molar-refractivity contribution in [3.63, 3.8) is 0 Å². The molecule has 0 saturated heterocycles. The maximum absolute atomic E-state index is 11.4. The quantitative estimate of drug-likeness (QED) is 0.730. The molecule has 0 radical (unpaired) electrons. The van der Waals surface area contributed by atoms with Gasteiger partial charge in [0.2, 0.25) is 0 Å². The van der Waals surface area contributed by atoms with Crippen LogP contribution in [0.2, 0.25) is 0 Å². The predicted octanol–water partition coefficient (Wildman–Crippen LogP) is 1.76. The average molecular weight is 210 g/mol. The van der Waals surface area contributed by atoms with E-state index in [1.165, 1.54) is 7.11 Å². The molecule has 1 aromatic carbocycles. The number of esters is 1. The Kier molecular flexibility index (Phi) is 3.19. The van der Waals surface area contributed by atoms with Gasteiger partial charge in [-0.3, -0.25) is 0 Å². The Morgan fingerprint density at radius 3 is 2.47 bits per heavy atom. The van der Waals surface area contributed by atoms with E-state index in [1.807, 2.05) is 6.92 Å². The molecule has 0 unspecified atom stereocenters. The number of hydrogen-bond acceptors (Lipinski definition) is 4. The van der Waals surface area contributed by atoms with Gasteiger partial charge in [-0.2, -0.15) is 0 Å². The van der Waals surface area contributed by atoms with E-state index in [0.29, 0.717) is 17.5 Å². The van der Waals surface area contributed by atoms with E-state index in [-0.39, 0.29) is 17.1 Å². The molecule has 0 aliphatic carbocycles. The lowest BCUT2D eigenvalue weighted by molar-refractivity contribution is 0.0596. The van der Waals surface area contributed by atoms with Gasteiger partial charge in [-0.1, -0.05) is 6.92 Å². The first-order valence-corrected chi connectivity index (χ1v) is 4.65. The largest absolute Gasteiger partial charge is 0.508 e. The highest BCUT2D eigenvalue weighted by Crippen LogP contribution is 2.32. The Bertz CT molecular complexity index is 396. The molecule has 0 amide bonds. The van der Waals surface area contributed by atoms with Gasteiger partial charge in [0.15, 0.2) is 0 Å². The molecule has 0 fully saturated rings. The third-order valence-corrected chi connectivity index (χ3v) is 2.41. The maximum Gasteiger partial charge on any atom is 0.341 e. The van der Waals surface area contributed by atoms with Gasteiger partial charge in [-0.25, -0.2) is 4.79 Å². The molecular formula is C11H14O4. The molecule has 82 valence electrons. The summed E-state index contributed by atoms with van der Waals surface area (Å²) in [6, 6.07) is 1.16. The fraction of sp³-hybridized carbons (Fsp3) is 0.364. The number of methoxy groups -OCH3 is 1. The molecule has 0 aliphatic heterocycles. The van der Waals surface area contributed by atoms with Crippen LogP contribution < -0.4 is 0 Å². The van der Waals surface area contributed by atoms with Crippen LogP contribution in [-0.2, 0) is 11.2 Å². The van der Waals surface area contributed by atoms with Gasteiger partial charge in [0.1, 0.15) is 17.1 Å². The monoisotopic (exact) mass is 210 g/mol. The van der Waals surface area contributed by atoms with E-state index in [0.717, 1.165) is 6.07 Å². The smallest absolute Gasteiger partial charge is 0.341 e. The van der Waals surface area contributed by atoms with Crippen molar-refractivity contribution in [2.75, 3.05) is 7.11 Å². The molecule has 0 atom stereocenters. The van der Waals surface area contributed by atoms with Gasteiger partial charge in [0.05, 0.1) is 7.11 Å². The number of hydrogen-bond donors (Lipinski definition) is 2. The van der Waals surface area contributed by atoms with Crippen molar-refractivity contribution < 1.29 is 19.7 Å². The summed E-state index contributed by atoms with van der Waals surface area (Å²) >= 11 is 0. The molecule has 0 saturated carbocycles. The van der Waals surface area contributed by atoms with Crippen LogP contribution in [0, 0.1) is 6.92 Å². The number of carbonyl (C=O) groups is 1. The van der Waals surface area contributed by atoms with E-state index in [2.05, 4.69) is 4.74 Å². The minimum absolute atomic E-state index is 0.000142. The second kappa shape index (κ2) is 4.21. The summed E-state index contributed by atoms with van der Waals surface area (Å²) in [6.45, 7) is 3.53. The first-order chi connectivity index (χ1) is 7.02. The fourth-order valence-corrected chi connectivity index (χ4v) is 1.63. The normalized spacial score (nSPS) is 10.1. The maximum atomic E-state index is 11.4. The van der Waals surface area contributed by atoms with Crippen molar-refractivity contribution in [1.29, 1.82) is 0 Å². The molecule has 0 aromatic heterocycles. The van der Waals surface area contributed by atoms with Gasteiger partial charge < -0.3 is 14.9 Å². The Morgan fingerprint density at radius 1 is 1.40 bits per heavy atom. The first-order valence-electron chi connectivity index (χ1n) is 4.65. The van der Waals surface area contributed by atoms with E-state index in [4.69, 9.17) is 0 Å². The van der Waals surface area contributed by atoms with Crippen LogP contribution in [0.15, 0.2) is 6.07 Å². The van der Waals surface area contributed by atoms with Crippen molar-refractivity contribution in [3.8, 4) is 11.5 Å². The number of benzene rings is 1. The Balaban J connectivity index is 3.45. The Labute approximate surface area is 88.1 Å². The standard InChI is InChI=1S/C11H14O4/c1-4-7-6(2)10(11(14)15-3)9(13)5-8(7)12/h5,12-13H,4H2,1-3H3. The first kappa shape index (κ1) is 11.4. The Hall–Kier alpha value is -1.71. The number of phenols is 2. The lowest BCUT2D eigenvalue weighted by Crippen LogP contribution is -2.06. The van der Waals surface area contributed by atoms with Gasteiger partial charge in [-0.05, 0) is 24.5 Å². The Morgan fingerprint density at radius 2 is 2.00 bits per heavy atom. The van der Waals surface area contributed by atoms with Crippen molar-refractivity contribution in [2.24, 2.45) is 0 Å². The van der Waals surface area contributed by atoms with E-state index >= 15 is 0 Å². The summed E-state index contributed by atoms with van der Waals surface area (Å²) in [6.07, 6.45) is 0.585. The molecule has 0 heterocycles. The number of ether oxygens (including phenoxy) is 1. The lowest BCUT2D eigenvalue weighted by Gasteiger charge is -2.12. The van der Waals surface area contributed by atoms with E-state index in [9.17, 15) is 15.0 Å². The summed E-state index contributed by atoms with van der Waals surface area (Å²) in [5.74, 6) is -0.853. The van der Waals surface area contributed by atoms with Crippen LogP contribution in [0.1, 0.15) is 28.4 Å². The second-order valence-corrected chi connectivity index (χ2v) is 3.24. The van der Waals surface area contributed by atoms with Crippen molar-refractivity contribution in [3.05, 3.63) is 22.8 Å². The molecule has 4 nitrogen and oxygen atoms in total. The zero-order chi connectivity index (χ0) is 11.6. The SMILES string of the molecule is CCc1c(O)cc(O)c(C(=O)OC)c1C. The molecule has 15 heavy (non-hydrogen) atoms. The number of rotatable bonds is 2. The highest BCUT2D eigenvalue weighted by atomic mass is 16.5. The lowest BCUT2D eigenvalue weighted by atomic mass is 9.98. The number of carbonyl (C=O) groups excluding carboxylic acids is 1.